The van der Waals surface area contributed by atoms with Crippen molar-refractivity contribution >= 4 is 34.2 Å². The van der Waals surface area contributed by atoms with E-state index in [4.69, 9.17) is 21.6 Å². The molecule has 13 heavy (non-hydrogen) atoms. The van der Waals surface area contributed by atoms with E-state index in [0.29, 0.717) is 11.4 Å². The Morgan fingerprint density at radius 3 is 2.77 bits per heavy atom. The van der Waals surface area contributed by atoms with Crippen LogP contribution in [0.3, 0.4) is 0 Å². The van der Waals surface area contributed by atoms with E-state index < -0.39 is 0 Å². The van der Waals surface area contributed by atoms with E-state index in [1.165, 1.54) is 0 Å². The van der Waals surface area contributed by atoms with Crippen LogP contribution in [0.25, 0.3) is 0 Å². The lowest BCUT2D eigenvalue weighted by atomic mass is 10.1. The molecule has 0 bridgehead atoms. The first-order chi connectivity index (χ1) is 6.22. The molecule has 1 aromatic carbocycles. The molecule has 1 aromatic rings. The van der Waals surface area contributed by atoms with E-state index in [2.05, 4.69) is 28.7 Å². The molecule has 0 fully saturated rings. The predicted octanol–water partition coefficient (Wildman–Crippen LogP) is 2.91. The summed E-state index contributed by atoms with van der Waals surface area (Å²) in [7, 11) is 1.59. The summed E-state index contributed by atoms with van der Waals surface area (Å²) in [5.41, 5.74) is 1.48. The summed E-state index contributed by atoms with van der Waals surface area (Å²) in [5, 5.41) is 8.76. The van der Waals surface area contributed by atoms with Crippen molar-refractivity contribution < 1.29 is 4.74 Å². The molecule has 0 radical (unpaired) electrons. The number of alkyl halides is 1. The maximum Gasteiger partial charge on any atom is 0.124 e. The highest BCUT2D eigenvalue weighted by atomic mass is 127. The summed E-state index contributed by atoms with van der Waals surface area (Å²) in [5.74, 6) is 1.09. The number of benzene rings is 1. The van der Waals surface area contributed by atoms with Crippen LogP contribution in [0, 0.1) is 14.9 Å². The van der Waals surface area contributed by atoms with E-state index in [1.54, 1.807) is 13.2 Å². The van der Waals surface area contributed by atoms with Gasteiger partial charge in [-0.1, -0.05) is 0 Å². The largest absolute Gasteiger partial charge is 0.496 e. The number of halogens is 2. The standard InChI is InChI=1S/C9H7ClINO/c1-13-9-3-8(11)7(5-12)2-6(9)4-10/h2-3H,4H2,1H3. The van der Waals surface area contributed by atoms with Gasteiger partial charge in [-0.25, -0.2) is 0 Å². The second kappa shape index (κ2) is 4.68. The van der Waals surface area contributed by atoms with Gasteiger partial charge >= 0.3 is 0 Å². The number of hydrogen-bond donors (Lipinski definition) is 0. The molecule has 0 N–H and O–H groups in total. The molecule has 0 aliphatic heterocycles. The molecule has 1 rings (SSSR count). The molecule has 0 aliphatic rings. The second-order valence-electron chi connectivity index (χ2n) is 2.39. The quantitative estimate of drug-likeness (QED) is 0.622. The van der Waals surface area contributed by atoms with Gasteiger partial charge < -0.3 is 4.74 Å². The second-order valence-corrected chi connectivity index (χ2v) is 3.82. The van der Waals surface area contributed by atoms with Crippen LogP contribution in [-0.4, -0.2) is 7.11 Å². The van der Waals surface area contributed by atoms with E-state index >= 15 is 0 Å². The molecule has 0 aromatic heterocycles. The first-order valence-corrected chi connectivity index (χ1v) is 5.16. The van der Waals surface area contributed by atoms with Crippen molar-refractivity contribution in [2.75, 3.05) is 7.11 Å². The monoisotopic (exact) mass is 307 g/mol. The van der Waals surface area contributed by atoms with Crippen molar-refractivity contribution in [2.45, 2.75) is 5.88 Å². The van der Waals surface area contributed by atoms with Crippen LogP contribution in [0.2, 0.25) is 0 Å². The SMILES string of the molecule is COc1cc(I)c(C#N)cc1CCl. The van der Waals surface area contributed by atoms with Crippen LogP contribution in [-0.2, 0) is 5.88 Å². The summed E-state index contributed by atoms with van der Waals surface area (Å²) in [6.07, 6.45) is 0. The van der Waals surface area contributed by atoms with Crippen molar-refractivity contribution in [2.24, 2.45) is 0 Å². The lowest BCUT2D eigenvalue weighted by Gasteiger charge is -2.07. The van der Waals surface area contributed by atoms with Gasteiger partial charge in [0.25, 0.3) is 0 Å². The molecule has 4 heteroatoms. The average molecular weight is 308 g/mol. The summed E-state index contributed by atoms with van der Waals surface area (Å²) in [6, 6.07) is 5.67. The van der Waals surface area contributed by atoms with Gasteiger partial charge in [-0.05, 0) is 34.7 Å². The minimum atomic E-state index is 0.356. The highest BCUT2D eigenvalue weighted by Crippen LogP contribution is 2.25. The topological polar surface area (TPSA) is 33.0 Å². The third-order valence-corrected chi connectivity index (χ3v) is 2.81. The van der Waals surface area contributed by atoms with Gasteiger partial charge in [-0.2, -0.15) is 5.26 Å². The van der Waals surface area contributed by atoms with Gasteiger partial charge in [0, 0.05) is 9.13 Å². The zero-order valence-corrected chi connectivity index (χ0v) is 9.89. The molecule has 0 heterocycles. The van der Waals surface area contributed by atoms with Crippen molar-refractivity contribution in [3.63, 3.8) is 0 Å². The van der Waals surface area contributed by atoms with Gasteiger partial charge in [-0.15, -0.1) is 11.6 Å². The Kier molecular flexibility index (Phi) is 3.82. The van der Waals surface area contributed by atoms with Gasteiger partial charge in [0.2, 0.25) is 0 Å². The fourth-order valence-corrected chi connectivity index (χ4v) is 1.75. The van der Waals surface area contributed by atoms with Crippen molar-refractivity contribution in [3.05, 3.63) is 26.8 Å². The van der Waals surface area contributed by atoms with Gasteiger partial charge in [0.1, 0.15) is 11.8 Å². The number of hydrogen-bond acceptors (Lipinski definition) is 2. The van der Waals surface area contributed by atoms with E-state index in [0.717, 1.165) is 14.9 Å². The fourth-order valence-electron chi connectivity index (χ4n) is 0.980. The zero-order chi connectivity index (χ0) is 9.84. The maximum absolute atomic E-state index is 8.76. The van der Waals surface area contributed by atoms with Crippen LogP contribution < -0.4 is 4.74 Å². The third kappa shape index (κ3) is 2.26. The first kappa shape index (κ1) is 10.6. The molecular formula is C9H7ClINO. The van der Waals surface area contributed by atoms with Crippen LogP contribution in [0.5, 0.6) is 5.75 Å². The van der Waals surface area contributed by atoms with E-state index in [-0.39, 0.29) is 0 Å². The van der Waals surface area contributed by atoms with Crippen molar-refractivity contribution in [3.8, 4) is 11.8 Å². The van der Waals surface area contributed by atoms with Gasteiger partial charge in [0.15, 0.2) is 0 Å². The Balaban J connectivity index is 3.28. The van der Waals surface area contributed by atoms with Crippen LogP contribution in [0.4, 0.5) is 0 Å². The van der Waals surface area contributed by atoms with Gasteiger partial charge in [-0.3, -0.25) is 0 Å². The Morgan fingerprint density at radius 1 is 1.62 bits per heavy atom. The normalized spacial score (nSPS) is 9.38. The number of nitrogens with zero attached hydrogens (tertiary/aromatic N) is 1. The molecule has 0 spiro atoms. The predicted molar refractivity (Wildman–Crippen MR) is 60.0 cm³/mol. The Hall–Kier alpha value is -0.470. The lowest BCUT2D eigenvalue weighted by molar-refractivity contribution is 0.411. The number of methoxy groups -OCH3 is 1. The molecule has 0 amide bonds. The first-order valence-electron chi connectivity index (χ1n) is 3.55. The van der Waals surface area contributed by atoms with Gasteiger partial charge in [0.05, 0.1) is 18.6 Å². The molecule has 0 aliphatic carbocycles. The Morgan fingerprint density at radius 2 is 2.31 bits per heavy atom. The Labute approximate surface area is 95.6 Å². The van der Waals surface area contributed by atoms with Crippen LogP contribution >= 0.6 is 34.2 Å². The van der Waals surface area contributed by atoms with Crippen LogP contribution in [0.15, 0.2) is 12.1 Å². The molecular weight excluding hydrogens is 300 g/mol. The molecule has 0 saturated carbocycles. The smallest absolute Gasteiger partial charge is 0.124 e. The number of ether oxygens (including phenoxy) is 1. The van der Waals surface area contributed by atoms with E-state index in [9.17, 15) is 0 Å². The highest BCUT2D eigenvalue weighted by molar-refractivity contribution is 14.1. The summed E-state index contributed by atoms with van der Waals surface area (Å²) in [6.45, 7) is 0. The Bertz CT molecular complexity index is 359. The van der Waals surface area contributed by atoms with E-state index in [1.807, 2.05) is 6.07 Å². The third-order valence-electron chi connectivity index (χ3n) is 1.63. The zero-order valence-electron chi connectivity index (χ0n) is 6.97. The van der Waals surface area contributed by atoms with Crippen molar-refractivity contribution in [1.82, 2.24) is 0 Å². The molecule has 0 atom stereocenters. The molecule has 68 valence electrons. The summed E-state index contributed by atoms with van der Waals surface area (Å²) in [4.78, 5) is 0. The lowest BCUT2D eigenvalue weighted by Crippen LogP contribution is -1.93. The minimum Gasteiger partial charge on any atom is -0.496 e. The fraction of sp³-hybridized carbons (Fsp3) is 0.222. The molecule has 2 nitrogen and oxygen atoms in total. The molecule has 0 unspecified atom stereocenters. The number of nitriles is 1. The molecule has 0 saturated heterocycles. The average Bonchev–Trinajstić information content (AvgIpc) is 2.17. The minimum absolute atomic E-state index is 0.356. The van der Waals surface area contributed by atoms with Crippen molar-refractivity contribution in [1.29, 1.82) is 5.26 Å². The highest BCUT2D eigenvalue weighted by Gasteiger charge is 2.07. The summed E-state index contributed by atoms with van der Waals surface area (Å²) >= 11 is 7.80. The summed E-state index contributed by atoms with van der Waals surface area (Å²) < 4.78 is 6.00. The maximum atomic E-state index is 8.76. The number of rotatable bonds is 2. The van der Waals surface area contributed by atoms with Crippen LogP contribution in [0.1, 0.15) is 11.1 Å².